The molecule has 1 aliphatic heterocycles. The number of carboxylic acids is 1. The monoisotopic (exact) mass is 592 g/mol. The number of nitrogens with zero attached hydrogens (tertiary/aromatic N) is 2. The van der Waals surface area contributed by atoms with Gasteiger partial charge in [0.1, 0.15) is 11.5 Å². The zero-order valence-electron chi connectivity index (χ0n) is 25.0. The summed E-state index contributed by atoms with van der Waals surface area (Å²) >= 11 is 0. The lowest BCUT2D eigenvalue weighted by Gasteiger charge is -2.30. The molecule has 44 heavy (non-hydrogen) atoms. The Labute approximate surface area is 257 Å². The minimum atomic E-state index is -0.988. The molecule has 0 aliphatic carbocycles. The number of methoxy groups -OCH3 is 2. The van der Waals surface area contributed by atoms with E-state index < -0.39 is 5.97 Å². The number of fused-ring (bicyclic) bond motifs is 1. The molecule has 0 fully saturated rings. The molecule has 0 aromatic heterocycles. The van der Waals surface area contributed by atoms with Crippen LogP contribution in [-0.2, 0) is 24.2 Å². The van der Waals surface area contributed by atoms with Gasteiger partial charge in [-0.1, -0.05) is 60.7 Å². The molecular formula is C36H36N2O6. The Morgan fingerprint density at radius 3 is 2.02 bits per heavy atom. The minimum absolute atomic E-state index is 0.0391. The van der Waals surface area contributed by atoms with Crippen molar-refractivity contribution in [3.63, 3.8) is 0 Å². The Kier molecular flexibility index (Phi) is 9.59. The van der Waals surface area contributed by atoms with Crippen LogP contribution in [-0.4, -0.2) is 66.5 Å². The van der Waals surface area contributed by atoms with Gasteiger partial charge in [-0.3, -0.25) is 14.4 Å². The number of carboxylic acid groups (broad SMARTS) is 1. The van der Waals surface area contributed by atoms with Gasteiger partial charge < -0.3 is 24.4 Å². The van der Waals surface area contributed by atoms with E-state index in [0.29, 0.717) is 53.3 Å². The van der Waals surface area contributed by atoms with E-state index in [1.165, 1.54) is 5.56 Å². The van der Waals surface area contributed by atoms with Crippen LogP contribution in [0, 0.1) is 0 Å². The van der Waals surface area contributed by atoms with Crippen LogP contribution < -0.4 is 9.47 Å². The number of hydrogen-bond donors (Lipinski definition) is 1. The summed E-state index contributed by atoms with van der Waals surface area (Å²) in [6.45, 7) is 1.46. The summed E-state index contributed by atoms with van der Waals surface area (Å²) < 4.78 is 10.8. The van der Waals surface area contributed by atoms with E-state index in [-0.39, 0.29) is 31.3 Å². The molecule has 0 saturated heterocycles. The van der Waals surface area contributed by atoms with E-state index in [0.717, 1.165) is 17.5 Å². The second kappa shape index (κ2) is 13.9. The van der Waals surface area contributed by atoms with Crippen molar-refractivity contribution in [2.75, 3.05) is 33.9 Å². The fraction of sp³-hybridized carbons (Fsp3) is 0.250. The summed E-state index contributed by atoms with van der Waals surface area (Å²) in [6.07, 6.45) is 1.06. The van der Waals surface area contributed by atoms with Gasteiger partial charge in [0.15, 0.2) is 0 Å². The summed E-state index contributed by atoms with van der Waals surface area (Å²) in [5, 5.41) is 9.44. The van der Waals surface area contributed by atoms with Gasteiger partial charge in [-0.2, -0.15) is 0 Å². The topological polar surface area (TPSA) is 96.4 Å². The first kappa shape index (κ1) is 30.4. The molecule has 0 spiro atoms. The van der Waals surface area contributed by atoms with Gasteiger partial charge in [-0.05, 0) is 64.9 Å². The van der Waals surface area contributed by atoms with Crippen molar-refractivity contribution in [1.29, 1.82) is 0 Å². The van der Waals surface area contributed by atoms with Crippen molar-refractivity contribution in [3.05, 3.63) is 119 Å². The van der Waals surface area contributed by atoms with Crippen molar-refractivity contribution < 1.29 is 29.0 Å². The van der Waals surface area contributed by atoms with Crippen LogP contribution in [0.4, 0.5) is 0 Å². The number of carbonyl (C=O) groups excluding carboxylic acids is 2. The Morgan fingerprint density at radius 2 is 1.36 bits per heavy atom. The summed E-state index contributed by atoms with van der Waals surface area (Å²) in [6, 6.07) is 28.2. The Hall–Kier alpha value is -5.11. The van der Waals surface area contributed by atoms with Crippen LogP contribution in [0.5, 0.6) is 11.5 Å². The summed E-state index contributed by atoms with van der Waals surface area (Å²) in [5.74, 6) is -0.116. The van der Waals surface area contributed by atoms with Crippen molar-refractivity contribution in [2.24, 2.45) is 0 Å². The number of hydrogen-bond acceptors (Lipinski definition) is 5. The van der Waals surface area contributed by atoms with Crippen molar-refractivity contribution in [2.45, 2.75) is 25.8 Å². The number of benzene rings is 4. The third kappa shape index (κ3) is 6.92. The molecule has 4 aromatic carbocycles. The Bertz CT molecular complexity index is 1640. The molecule has 226 valence electrons. The SMILES string of the molecule is COc1cc(CCN(CCC(=O)O)C(=O)c2ccccc2-c2ccccc2C(=O)N2CCc3ccccc3C2)cc(OC)c1. The molecule has 2 amide bonds. The molecule has 8 heteroatoms. The molecule has 5 rings (SSSR count). The molecular weight excluding hydrogens is 556 g/mol. The molecule has 1 aliphatic rings. The quantitative estimate of drug-likeness (QED) is 0.239. The molecule has 1 heterocycles. The van der Waals surface area contributed by atoms with Crippen LogP contribution >= 0.6 is 0 Å². The largest absolute Gasteiger partial charge is 0.497 e. The van der Waals surface area contributed by atoms with Gasteiger partial charge in [0.25, 0.3) is 11.8 Å². The molecule has 0 radical (unpaired) electrons. The van der Waals surface area contributed by atoms with E-state index in [1.807, 2.05) is 59.5 Å². The van der Waals surface area contributed by atoms with Gasteiger partial charge in [-0.25, -0.2) is 0 Å². The standard InChI is InChI=1S/C36H36N2O6/c1-43-28-21-25(22-29(23-28)44-2)15-18-37(20-17-34(39)40)35(41)32-13-7-5-11-30(32)31-12-6-8-14-33(31)36(42)38-19-16-26-9-3-4-10-27(26)24-38/h3-14,21-23H,15-20,24H2,1-2H3,(H,39,40). The Morgan fingerprint density at radius 1 is 0.773 bits per heavy atom. The third-order valence-electron chi connectivity index (χ3n) is 7.99. The van der Waals surface area contributed by atoms with Crippen LogP contribution in [0.15, 0.2) is 91.0 Å². The zero-order chi connectivity index (χ0) is 31.1. The summed E-state index contributed by atoms with van der Waals surface area (Å²) in [5.41, 5.74) is 5.51. The first-order chi connectivity index (χ1) is 21.4. The molecule has 1 N–H and O–H groups in total. The predicted molar refractivity (Wildman–Crippen MR) is 168 cm³/mol. The Balaban J connectivity index is 1.44. The number of rotatable bonds is 11. The smallest absolute Gasteiger partial charge is 0.305 e. The molecule has 4 aromatic rings. The highest BCUT2D eigenvalue weighted by atomic mass is 16.5. The number of amides is 2. The van der Waals surface area contributed by atoms with Crippen molar-refractivity contribution in [1.82, 2.24) is 9.80 Å². The number of ether oxygens (including phenoxy) is 2. The van der Waals surface area contributed by atoms with Gasteiger partial charge >= 0.3 is 5.97 Å². The fourth-order valence-corrected chi connectivity index (χ4v) is 5.64. The van der Waals surface area contributed by atoms with E-state index in [9.17, 15) is 19.5 Å². The van der Waals surface area contributed by atoms with E-state index in [4.69, 9.17) is 9.47 Å². The minimum Gasteiger partial charge on any atom is -0.497 e. The maximum absolute atomic E-state index is 14.1. The van der Waals surface area contributed by atoms with Crippen LogP contribution in [0.25, 0.3) is 11.1 Å². The maximum Gasteiger partial charge on any atom is 0.305 e. The average molecular weight is 593 g/mol. The van der Waals surface area contributed by atoms with Crippen molar-refractivity contribution >= 4 is 17.8 Å². The first-order valence-electron chi connectivity index (χ1n) is 14.7. The molecule has 0 atom stereocenters. The lowest BCUT2D eigenvalue weighted by molar-refractivity contribution is -0.137. The van der Waals surface area contributed by atoms with Gasteiger partial charge in [0.2, 0.25) is 0 Å². The highest BCUT2D eigenvalue weighted by Gasteiger charge is 2.26. The van der Waals surface area contributed by atoms with Crippen LogP contribution in [0.1, 0.15) is 43.8 Å². The fourth-order valence-electron chi connectivity index (χ4n) is 5.64. The first-order valence-corrected chi connectivity index (χ1v) is 14.7. The summed E-state index contributed by atoms with van der Waals surface area (Å²) in [7, 11) is 3.15. The highest BCUT2D eigenvalue weighted by Crippen LogP contribution is 2.31. The van der Waals surface area contributed by atoms with Gasteiger partial charge in [-0.15, -0.1) is 0 Å². The average Bonchev–Trinajstić information content (AvgIpc) is 3.07. The van der Waals surface area contributed by atoms with Gasteiger partial charge in [0.05, 0.1) is 20.6 Å². The predicted octanol–water partition coefficient (Wildman–Crippen LogP) is 5.73. The highest BCUT2D eigenvalue weighted by molar-refractivity contribution is 6.06. The number of aliphatic carboxylic acids is 1. The van der Waals surface area contributed by atoms with E-state index in [2.05, 4.69) is 12.1 Å². The lowest BCUT2D eigenvalue weighted by Crippen LogP contribution is -2.36. The molecule has 8 nitrogen and oxygen atoms in total. The van der Waals surface area contributed by atoms with E-state index in [1.54, 1.807) is 43.4 Å². The van der Waals surface area contributed by atoms with Gasteiger partial charge in [0, 0.05) is 43.4 Å². The van der Waals surface area contributed by atoms with Crippen LogP contribution in [0.3, 0.4) is 0 Å². The second-order valence-corrected chi connectivity index (χ2v) is 10.7. The molecule has 0 bridgehead atoms. The normalized spacial score (nSPS) is 12.3. The zero-order valence-corrected chi connectivity index (χ0v) is 25.0. The molecule has 0 unspecified atom stereocenters. The summed E-state index contributed by atoms with van der Waals surface area (Å²) in [4.78, 5) is 43.0. The van der Waals surface area contributed by atoms with Crippen LogP contribution in [0.2, 0.25) is 0 Å². The van der Waals surface area contributed by atoms with Crippen molar-refractivity contribution in [3.8, 4) is 22.6 Å². The lowest BCUT2D eigenvalue weighted by atomic mass is 9.93. The number of carbonyl (C=O) groups is 3. The van der Waals surface area contributed by atoms with E-state index >= 15 is 0 Å². The third-order valence-corrected chi connectivity index (χ3v) is 7.99. The maximum atomic E-state index is 14.1. The molecule has 0 saturated carbocycles. The second-order valence-electron chi connectivity index (χ2n) is 10.7.